The van der Waals surface area contributed by atoms with Crippen LogP contribution in [0.1, 0.15) is 11.1 Å². The molecule has 0 bridgehead atoms. The lowest BCUT2D eigenvalue weighted by molar-refractivity contribution is 0.264. The van der Waals surface area contributed by atoms with Crippen molar-refractivity contribution < 1.29 is 4.79 Å². The Morgan fingerprint density at radius 2 is 1.74 bits per heavy atom. The second-order valence-electron chi connectivity index (χ2n) is 4.36. The molecule has 0 N–H and O–H groups in total. The van der Waals surface area contributed by atoms with E-state index in [9.17, 15) is 4.79 Å². The van der Waals surface area contributed by atoms with Crippen molar-refractivity contribution >= 4 is 34.4 Å². The highest BCUT2D eigenvalue weighted by Crippen LogP contribution is 2.36. The summed E-state index contributed by atoms with van der Waals surface area (Å²) in [5.41, 5.74) is 3.30. The van der Waals surface area contributed by atoms with Crippen LogP contribution in [0.3, 0.4) is 0 Å². The molecular weight excluding hydrogens is 278 g/mol. The molecule has 2 aromatic rings. The van der Waals surface area contributed by atoms with E-state index < -0.39 is 5.37 Å². The first-order valence-corrected chi connectivity index (χ1v) is 7.37. The number of hydrogen-bond donors (Lipinski definition) is 0. The summed E-state index contributed by atoms with van der Waals surface area (Å²) in [6.45, 7) is 0.524. The van der Waals surface area contributed by atoms with Gasteiger partial charge in [0.05, 0.1) is 12.2 Å². The highest BCUT2D eigenvalue weighted by Gasteiger charge is 2.21. The van der Waals surface area contributed by atoms with Gasteiger partial charge in [-0.25, -0.2) is 0 Å². The van der Waals surface area contributed by atoms with Crippen LogP contribution in [0.2, 0.25) is 0 Å². The van der Waals surface area contributed by atoms with Crippen LogP contribution in [-0.2, 0) is 12.3 Å². The van der Waals surface area contributed by atoms with E-state index in [-0.39, 0.29) is 0 Å². The first kappa shape index (κ1) is 12.6. The standard InChI is InChI=1S/C15H12ClNOS/c16-15(18)17-9-11-5-1-2-6-12(11)10-19-14-8-4-3-7-13(14)17/h1-8H,9-10H2. The van der Waals surface area contributed by atoms with Crippen LogP contribution in [-0.4, -0.2) is 5.37 Å². The Hall–Kier alpha value is -1.45. The smallest absolute Gasteiger partial charge is 0.293 e. The molecule has 2 nitrogen and oxygen atoms in total. The van der Waals surface area contributed by atoms with Crippen LogP contribution in [0.5, 0.6) is 0 Å². The van der Waals surface area contributed by atoms with Gasteiger partial charge in [-0.2, -0.15) is 0 Å². The number of amides is 1. The summed E-state index contributed by atoms with van der Waals surface area (Å²) in [5, 5.41) is -0.440. The number of rotatable bonds is 0. The Bertz CT molecular complexity index is 629. The summed E-state index contributed by atoms with van der Waals surface area (Å²) in [7, 11) is 0. The molecule has 1 aliphatic heterocycles. The zero-order valence-corrected chi connectivity index (χ0v) is 11.7. The van der Waals surface area contributed by atoms with Crippen LogP contribution in [0.25, 0.3) is 0 Å². The number of nitrogens with zero attached hydrogens (tertiary/aromatic N) is 1. The van der Waals surface area contributed by atoms with Crippen molar-refractivity contribution in [1.29, 1.82) is 0 Å². The molecule has 0 fully saturated rings. The number of thioether (sulfide) groups is 1. The summed E-state index contributed by atoms with van der Waals surface area (Å²) in [6.07, 6.45) is 0. The zero-order chi connectivity index (χ0) is 13.2. The molecule has 0 atom stereocenters. The van der Waals surface area contributed by atoms with Crippen molar-refractivity contribution in [1.82, 2.24) is 0 Å². The molecule has 0 aliphatic carbocycles. The fourth-order valence-electron chi connectivity index (χ4n) is 2.22. The fourth-order valence-corrected chi connectivity index (χ4v) is 3.47. The lowest BCUT2D eigenvalue weighted by atomic mass is 10.1. The number of anilines is 1. The largest absolute Gasteiger partial charge is 0.321 e. The lowest BCUT2D eigenvalue weighted by Crippen LogP contribution is -2.27. The minimum atomic E-state index is -0.440. The minimum Gasteiger partial charge on any atom is -0.293 e. The topological polar surface area (TPSA) is 20.3 Å². The Kier molecular flexibility index (Phi) is 3.49. The van der Waals surface area contributed by atoms with Crippen molar-refractivity contribution in [3.63, 3.8) is 0 Å². The molecule has 1 amide bonds. The monoisotopic (exact) mass is 289 g/mol. The number of fused-ring (bicyclic) bond motifs is 2. The van der Waals surface area contributed by atoms with Gasteiger partial charge < -0.3 is 0 Å². The van der Waals surface area contributed by atoms with Gasteiger partial charge in [0.2, 0.25) is 0 Å². The summed E-state index contributed by atoms with van der Waals surface area (Å²) in [6, 6.07) is 16.1. The molecule has 19 heavy (non-hydrogen) atoms. The van der Waals surface area contributed by atoms with Gasteiger partial charge in [0.15, 0.2) is 0 Å². The van der Waals surface area contributed by atoms with Crippen molar-refractivity contribution in [2.45, 2.75) is 17.2 Å². The summed E-state index contributed by atoms with van der Waals surface area (Å²) >= 11 is 7.49. The van der Waals surface area contributed by atoms with Crippen molar-refractivity contribution in [2.24, 2.45) is 0 Å². The maximum absolute atomic E-state index is 11.7. The molecule has 1 heterocycles. The molecule has 3 rings (SSSR count). The average molecular weight is 290 g/mol. The van der Waals surface area contributed by atoms with E-state index in [1.165, 1.54) is 5.56 Å². The van der Waals surface area contributed by atoms with Gasteiger partial charge in [-0.15, -0.1) is 11.8 Å². The third kappa shape index (κ3) is 2.48. The third-order valence-corrected chi connectivity index (χ3v) is 4.51. The minimum absolute atomic E-state index is 0.440. The van der Waals surface area contributed by atoms with Crippen LogP contribution >= 0.6 is 23.4 Å². The van der Waals surface area contributed by atoms with E-state index in [1.807, 2.05) is 36.4 Å². The second kappa shape index (κ2) is 5.27. The number of benzene rings is 2. The molecular formula is C15H12ClNOS. The Labute approximate surface area is 121 Å². The zero-order valence-electron chi connectivity index (χ0n) is 10.2. The molecule has 4 heteroatoms. The Morgan fingerprint density at radius 3 is 2.53 bits per heavy atom. The molecule has 0 saturated carbocycles. The Morgan fingerprint density at radius 1 is 1.05 bits per heavy atom. The first-order valence-electron chi connectivity index (χ1n) is 6.01. The van der Waals surface area contributed by atoms with E-state index in [1.54, 1.807) is 16.7 Å². The highest BCUT2D eigenvalue weighted by atomic mass is 35.5. The van der Waals surface area contributed by atoms with Gasteiger partial charge in [0, 0.05) is 10.6 Å². The predicted molar refractivity (Wildman–Crippen MR) is 79.9 cm³/mol. The van der Waals surface area contributed by atoms with Gasteiger partial charge in [0.1, 0.15) is 0 Å². The Balaban J connectivity index is 2.09. The summed E-state index contributed by atoms with van der Waals surface area (Å²) < 4.78 is 0. The maximum atomic E-state index is 11.7. The molecule has 1 aliphatic rings. The third-order valence-electron chi connectivity index (χ3n) is 3.20. The van der Waals surface area contributed by atoms with Crippen molar-refractivity contribution in [3.8, 4) is 0 Å². The van der Waals surface area contributed by atoms with Crippen molar-refractivity contribution in [2.75, 3.05) is 4.90 Å². The van der Waals surface area contributed by atoms with Gasteiger partial charge >= 0.3 is 5.37 Å². The van der Waals surface area contributed by atoms with Crippen LogP contribution in [0.4, 0.5) is 10.5 Å². The van der Waals surface area contributed by atoms with Crippen LogP contribution in [0.15, 0.2) is 53.4 Å². The van der Waals surface area contributed by atoms with Crippen LogP contribution in [0, 0.1) is 0 Å². The van der Waals surface area contributed by atoms with Gasteiger partial charge in [-0.1, -0.05) is 36.4 Å². The van der Waals surface area contributed by atoms with E-state index in [4.69, 9.17) is 11.6 Å². The number of carbonyl (C=O) groups excluding carboxylic acids is 1. The summed E-state index contributed by atoms with van der Waals surface area (Å²) in [4.78, 5) is 14.4. The van der Waals surface area contributed by atoms with E-state index >= 15 is 0 Å². The summed E-state index contributed by atoms with van der Waals surface area (Å²) in [5.74, 6) is 0.914. The molecule has 96 valence electrons. The fraction of sp³-hybridized carbons (Fsp3) is 0.133. The molecule has 0 spiro atoms. The molecule has 0 saturated heterocycles. The van der Waals surface area contributed by atoms with E-state index in [0.29, 0.717) is 6.54 Å². The van der Waals surface area contributed by atoms with Gasteiger partial charge in [0.25, 0.3) is 0 Å². The van der Waals surface area contributed by atoms with Crippen LogP contribution < -0.4 is 4.90 Å². The maximum Gasteiger partial charge on any atom is 0.321 e. The number of hydrogen-bond acceptors (Lipinski definition) is 2. The SMILES string of the molecule is O=C(Cl)N1Cc2ccccc2CSc2ccccc21. The highest BCUT2D eigenvalue weighted by molar-refractivity contribution is 7.98. The predicted octanol–water partition coefficient (Wildman–Crippen LogP) is 4.66. The van der Waals surface area contributed by atoms with E-state index in [0.717, 1.165) is 21.9 Å². The molecule has 0 radical (unpaired) electrons. The van der Waals surface area contributed by atoms with Gasteiger partial charge in [-0.05, 0) is 34.9 Å². The molecule has 2 aromatic carbocycles. The average Bonchev–Trinajstić information content (AvgIpc) is 2.41. The molecule has 0 unspecified atom stereocenters. The number of halogens is 1. The number of para-hydroxylation sites is 1. The number of carbonyl (C=O) groups is 1. The molecule has 0 aromatic heterocycles. The van der Waals surface area contributed by atoms with Crippen molar-refractivity contribution in [3.05, 3.63) is 59.7 Å². The van der Waals surface area contributed by atoms with E-state index in [2.05, 4.69) is 12.1 Å². The second-order valence-corrected chi connectivity index (χ2v) is 5.70. The van der Waals surface area contributed by atoms with Gasteiger partial charge in [-0.3, -0.25) is 9.69 Å². The normalized spacial score (nSPS) is 14.1. The first-order chi connectivity index (χ1) is 9.25. The lowest BCUT2D eigenvalue weighted by Gasteiger charge is -2.26. The quantitative estimate of drug-likeness (QED) is 0.519.